The van der Waals surface area contributed by atoms with Crippen LogP contribution in [0.4, 0.5) is 0 Å². The molecule has 0 amide bonds. The van der Waals surface area contributed by atoms with Gasteiger partial charge in [0.15, 0.2) is 0 Å². The third kappa shape index (κ3) is 3.91. The van der Waals surface area contributed by atoms with Crippen molar-refractivity contribution >= 4 is 0 Å². The first-order chi connectivity index (χ1) is 8.07. The summed E-state index contributed by atoms with van der Waals surface area (Å²) >= 11 is 0. The number of nitrogens with zero attached hydrogens (tertiary/aromatic N) is 2. The first-order valence-corrected chi connectivity index (χ1v) is 6.81. The van der Waals surface area contributed by atoms with Gasteiger partial charge >= 0.3 is 0 Å². The van der Waals surface area contributed by atoms with Crippen LogP contribution in [-0.2, 0) is 4.74 Å². The Kier molecular flexibility index (Phi) is 4.42. The van der Waals surface area contributed by atoms with Crippen LogP contribution in [0.3, 0.4) is 0 Å². The van der Waals surface area contributed by atoms with Crippen molar-refractivity contribution in [2.24, 2.45) is 11.7 Å². The van der Waals surface area contributed by atoms with Gasteiger partial charge in [-0.3, -0.25) is 0 Å². The summed E-state index contributed by atoms with van der Waals surface area (Å²) in [5, 5.41) is 0. The van der Waals surface area contributed by atoms with Crippen LogP contribution in [0.1, 0.15) is 19.3 Å². The molecule has 2 saturated heterocycles. The van der Waals surface area contributed by atoms with Gasteiger partial charge in [-0.1, -0.05) is 0 Å². The SMILES string of the molecule is CN1CCC(CN(C)CC2(N)CCOCC2)C1. The van der Waals surface area contributed by atoms with E-state index in [-0.39, 0.29) is 5.54 Å². The van der Waals surface area contributed by atoms with Crippen LogP contribution in [-0.4, -0.2) is 68.8 Å². The highest BCUT2D eigenvalue weighted by Gasteiger charge is 2.30. The molecule has 100 valence electrons. The fourth-order valence-electron chi connectivity index (χ4n) is 3.15. The van der Waals surface area contributed by atoms with Gasteiger partial charge in [-0.05, 0) is 45.8 Å². The third-order valence-electron chi connectivity index (χ3n) is 4.13. The molecule has 2 N–H and O–H groups in total. The standard InChI is InChI=1S/C13H27N3O/c1-15-6-3-12(9-15)10-16(2)11-13(14)4-7-17-8-5-13/h12H,3-11,14H2,1-2H3. The molecule has 2 rings (SSSR count). The van der Waals surface area contributed by atoms with Gasteiger partial charge in [0.1, 0.15) is 0 Å². The Morgan fingerprint density at radius 3 is 2.71 bits per heavy atom. The summed E-state index contributed by atoms with van der Waals surface area (Å²) in [6.45, 7) is 6.35. The van der Waals surface area contributed by atoms with Crippen molar-refractivity contribution in [1.82, 2.24) is 9.80 Å². The summed E-state index contributed by atoms with van der Waals surface area (Å²) in [6.07, 6.45) is 3.34. The lowest BCUT2D eigenvalue weighted by atomic mass is 9.90. The number of likely N-dealkylation sites (N-methyl/N-ethyl adjacent to an activating group) is 1. The maximum absolute atomic E-state index is 6.43. The summed E-state index contributed by atoms with van der Waals surface area (Å²) in [6, 6.07) is 0. The Hall–Kier alpha value is -0.160. The highest BCUT2D eigenvalue weighted by Crippen LogP contribution is 2.20. The molecule has 0 aromatic rings. The molecule has 1 unspecified atom stereocenters. The minimum absolute atomic E-state index is 0.0164. The van der Waals surface area contributed by atoms with Gasteiger partial charge < -0.3 is 20.3 Å². The van der Waals surface area contributed by atoms with Crippen LogP contribution in [0.5, 0.6) is 0 Å². The van der Waals surface area contributed by atoms with Crippen LogP contribution < -0.4 is 5.73 Å². The van der Waals surface area contributed by atoms with E-state index in [4.69, 9.17) is 10.5 Å². The van der Waals surface area contributed by atoms with E-state index in [9.17, 15) is 0 Å². The van der Waals surface area contributed by atoms with Gasteiger partial charge in [0.05, 0.1) is 0 Å². The molecule has 4 heteroatoms. The van der Waals surface area contributed by atoms with Crippen molar-refractivity contribution in [3.8, 4) is 0 Å². The second kappa shape index (κ2) is 5.65. The van der Waals surface area contributed by atoms with Crippen molar-refractivity contribution in [3.63, 3.8) is 0 Å². The number of ether oxygens (including phenoxy) is 1. The molecule has 2 aliphatic rings. The number of likely N-dealkylation sites (tertiary alicyclic amines) is 1. The molecule has 4 nitrogen and oxygen atoms in total. The average Bonchev–Trinajstić information content (AvgIpc) is 2.63. The summed E-state index contributed by atoms with van der Waals surface area (Å²) in [5.41, 5.74) is 6.41. The van der Waals surface area contributed by atoms with Gasteiger partial charge in [-0.2, -0.15) is 0 Å². The second-order valence-corrected chi connectivity index (χ2v) is 6.09. The van der Waals surface area contributed by atoms with Crippen LogP contribution in [0, 0.1) is 5.92 Å². The molecule has 2 aliphatic heterocycles. The van der Waals surface area contributed by atoms with Gasteiger partial charge in [-0.25, -0.2) is 0 Å². The largest absolute Gasteiger partial charge is 0.381 e. The quantitative estimate of drug-likeness (QED) is 0.772. The molecule has 17 heavy (non-hydrogen) atoms. The topological polar surface area (TPSA) is 41.7 Å². The van der Waals surface area contributed by atoms with E-state index in [0.717, 1.165) is 38.5 Å². The Bertz CT molecular complexity index is 241. The van der Waals surface area contributed by atoms with E-state index in [0.29, 0.717) is 0 Å². The van der Waals surface area contributed by atoms with Gasteiger partial charge in [-0.15, -0.1) is 0 Å². The molecule has 0 saturated carbocycles. The van der Waals surface area contributed by atoms with E-state index in [2.05, 4.69) is 23.9 Å². The maximum Gasteiger partial charge on any atom is 0.0484 e. The van der Waals surface area contributed by atoms with E-state index in [1.54, 1.807) is 0 Å². The number of nitrogens with two attached hydrogens (primary N) is 1. The molecule has 1 atom stereocenters. The fourth-order valence-corrected chi connectivity index (χ4v) is 3.15. The molecule has 0 radical (unpaired) electrons. The van der Waals surface area contributed by atoms with Crippen molar-refractivity contribution in [1.29, 1.82) is 0 Å². The Balaban J connectivity index is 1.74. The van der Waals surface area contributed by atoms with Gasteiger partial charge in [0.25, 0.3) is 0 Å². The molecule has 0 aliphatic carbocycles. The van der Waals surface area contributed by atoms with Crippen LogP contribution in [0.2, 0.25) is 0 Å². The van der Waals surface area contributed by atoms with Crippen LogP contribution >= 0.6 is 0 Å². The lowest BCUT2D eigenvalue weighted by Crippen LogP contribution is -2.53. The lowest BCUT2D eigenvalue weighted by molar-refractivity contribution is 0.0395. The average molecular weight is 241 g/mol. The molecule has 0 spiro atoms. The molecule has 0 aromatic heterocycles. The van der Waals surface area contributed by atoms with E-state index in [1.807, 2.05) is 0 Å². The fraction of sp³-hybridized carbons (Fsp3) is 1.00. The van der Waals surface area contributed by atoms with Crippen molar-refractivity contribution in [2.75, 3.05) is 53.5 Å². The Labute approximate surface area is 105 Å². The number of rotatable bonds is 4. The van der Waals surface area contributed by atoms with E-state index < -0.39 is 0 Å². The zero-order chi connectivity index (χ0) is 12.3. The molecule has 2 fully saturated rings. The summed E-state index contributed by atoms with van der Waals surface area (Å²) < 4.78 is 5.39. The minimum atomic E-state index is -0.0164. The predicted octanol–water partition coefficient (Wildman–Crippen LogP) is 0.378. The summed E-state index contributed by atoms with van der Waals surface area (Å²) in [5.74, 6) is 0.827. The molecule has 0 bridgehead atoms. The molecular formula is C13H27N3O. The highest BCUT2D eigenvalue weighted by atomic mass is 16.5. The molecule has 0 aromatic carbocycles. The predicted molar refractivity (Wildman–Crippen MR) is 70.1 cm³/mol. The number of hydrogen-bond donors (Lipinski definition) is 1. The zero-order valence-electron chi connectivity index (χ0n) is 11.3. The molecule has 2 heterocycles. The second-order valence-electron chi connectivity index (χ2n) is 6.09. The monoisotopic (exact) mass is 241 g/mol. The normalized spacial score (nSPS) is 30.0. The van der Waals surface area contributed by atoms with Crippen LogP contribution in [0.25, 0.3) is 0 Å². The van der Waals surface area contributed by atoms with E-state index in [1.165, 1.54) is 26.1 Å². The first-order valence-electron chi connectivity index (χ1n) is 6.81. The van der Waals surface area contributed by atoms with Crippen LogP contribution in [0.15, 0.2) is 0 Å². The third-order valence-corrected chi connectivity index (χ3v) is 4.13. The highest BCUT2D eigenvalue weighted by molar-refractivity contribution is 4.89. The lowest BCUT2D eigenvalue weighted by Gasteiger charge is -2.37. The molecular weight excluding hydrogens is 214 g/mol. The smallest absolute Gasteiger partial charge is 0.0484 e. The summed E-state index contributed by atoms with van der Waals surface area (Å²) in [7, 11) is 4.42. The van der Waals surface area contributed by atoms with Gasteiger partial charge in [0.2, 0.25) is 0 Å². The van der Waals surface area contributed by atoms with Crippen molar-refractivity contribution in [3.05, 3.63) is 0 Å². The van der Waals surface area contributed by atoms with E-state index >= 15 is 0 Å². The number of hydrogen-bond acceptors (Lipinski definition) is 4. The van der Waals surface area contributed by atoms with Crippen molar-refractivity contribution in [2.45, 2.75) is 24.8 Å². The Morgan fingerprint density at radius 1 is 1.41 bits per heavy atom. The zero-order valence-corrected chi connectivity index (χ0v) is 11.3. The first kappa shape index (κ1) is 13.3. The minimum Gasteiger partial charge on any atom is -0.381 e. The van der Waals surface area contributed by atoms with Crippen molar-refractivity contribution < 1.29 is 4.74 Å². The van der Waals surface area contributed by atoms with Gasteiger partial charge in [0, 0.05) is 38.4 Å². The Morgan fingerprint density at radius 2 is 2.12 bits per heavy atom. The summed E-state index contributed by atoms with van der Waals surface area (Å²) in [4.78, 5) is 4.85. The maximum atomic E-state index is 6.43.